The molecule has 0 aliphatic heterocycles. The second kappa shape index (κ2) is 6.36. The highest BCUT2D eigenvalue weighted by Gasteiger charge is 2.18. The van der Waals surface area contributed by atoms with Crippen molar-refractivity contribution in [3.8, 4) is 5.75 Å². The van der Waals surface area contributed by atoms with Crippen LogP contribution in [0.4, 0.5) is 0 Å². The second-order valence-corrected chi connectivity index (χ2v) is 10.1. The summed E-state index contributed by atoms with van der Waals surface area (Å²) in [6, 6.07) is 7.45. The van der Waals surface area contributed by atoms with Crippen LogP contribution in [0.2, 0.25) is 19.6 Å². The highest BCUT2D eigenvalue weighted by atomic mass is 28.4. The van der Waals surface area contributed by atoms with E-state index in [4.69, 9.17) is 10.2 Å². The van der Waals surface area contributed by atoms with Gasteiger partial charge in [-0.1, -0.05) is 25.5 Å². The number of hydrogen-bond donors (Lipinski definition) is 2. The average Bonchev–Trinajstić information content (AvgIpc) is 2.27. The number of aliphatic hydroxyl groups is 1. The third-order valence-electron chi connectivity index (χ3n) is 2.69. The molecule has 2 atom stereocenters. The van der Waals surface area contributed by atoms with Crippen molar-refractivity contribution in [3.05, 3.63) is 29.8 Å². The third kappa shape index (κ3) is 4.80. The zero-order valence-electron chi connectivity index (χ0n) is 11.8. The van der Waals surface area contributed by atoms with Crippen LogP contribution in [0.3, 0.4) is 0 Å². The van der Waals surface area contributed by atoms with Gasteiger partial charge in [-0.25, -0.2) is 0 Å². The Morgan fingerprint density at radius 3 is 2.22 bits per heavy atom. The maximum absolute atomic E-state index is 9.88. The molecule has 0 fully saturated rings. The standard InChI is InChI=1S/C14H25NO2Si/c1-5-6-13(16)14(15)11-7-9-12(10-8-11)17-18(2,3)4/h7-10,13-14,16H,5-6,15H2,1-4H3/t13-,14+/m1/s1. The fourth-order valence-electron chi connectivity index (χ4n) is 1.81. The van der Waals surface area contributed by atoms with Crippen LogP contribution < -0.4 is 10.2 Å². The van der Waals surface area contributed by atoms with Gasteiger partial charge in [0.1, 0.15) is 5.75 Å². The molecule has 0 saturated heterocycles. The number of aliphatic hydroxyl groups excluding tert-OH is 1. The van der Waals surface area contributed by atoms with Crippen LogP contribution in [0.5, 0.6) is 5.75 Å². The molecule has 0 aromatic heterocycles. The first-order valence-electron chi connectivity index (χ1n) is 6.56. The smallest absolute Gasteiger partial charge is 0.242 e. The minimum atomic E-state index is -1.56. The molecule has 0 unspecified atom stereocenters. The molecule has 0 spiro atoms. The van der Waals surface area contributed by atoms with E-state index in [9.17, 15) is 5.11 Å². The van der Waals surface area contributed by atoms with Gasteiger partial charge in [-0.2, -0.15) is 0 Å². The summed E-state index contributed by atoms with van der Waals surface area (Å²) in [5, 5.41) is 9.88. The Morgan fingerprint density at radius 1 is 1.22 bits per heavy atom. The monoisotopic (exact) mass is 267 g/mol. The van der Waals surface area contributed by atoms with Crippen molar-refractivity contribution in [3.63, 3.8) is 0 Å². The van der Waals surface area contributed by atoms with E-state index in [1.807, 2.05) is 31.2 Å². The molecular formula is C14H25NO2Si. The number of hydrogen-bond acceptors (Lipinski definition) is 3. The van der Waals surface area contributed by atoms with Crippen LogP contribution in [0, 0.1) is 0 Å². The van der Waals surface area contributed by atoms with Gasteiger partial charge in [-0.15, -0.1) is 0 Å². The average molecular weight is 267 g/mol. The summed E-state index contributed by atoms with van der Waals surface area (Å²) >= 11 is 0. The van der Waals surface area contributed by atoms with Gasteiger partial charge in [0.2, 0.25) is 8.32 Å². The number of nitrogens with two attached hydrogens (primary N) is 1. The van der Waals surface area contributed by atoms with Crippen LogP contribution in [0.15, 0.2) is 24.3 Å². The first-order chi connectivity index (χ1) is 8.33. The molecule has 0 saturated carbocycles. The summed E-state index contributed by atoms with van der Waals surface area (Å²) in [5.41, 5.74) is 6.98. The van der Waals surface area contributed by atoms with E-state index in [0.29, 0.717) is 0 Å². The van der Waals surface area contributed by atoms with Crippen molar-refractivity contribution in [2.24, 2.45) is 5.73 Å². The molecule has 0 aliphatic rings. The highest BCUT2D eigenvalue weighted by Crippen LogP contribution is 2.22. The number of rotatable bonds is 6. The first kappa shape index (κ1) is 15.2. The van der Waals surface area contributed by atoms with Gasteiger partial charge in [-0.3, -0.25) is 0 Å². The van der Waals surface area contributed by atoms with E-state index in [0.717, 1.165) is 24.2 Å². The summed E-state index contributed by atoms with van der Waals surface area (Å²) in [7, 11) is -1.56. The maximum atomic E-state index is 9.88. The molecule has 0 heterocycles. The predicted molar refractivity (Wildman–Crippen MR) is 78.3 cm³/mol. The minimum Gasteiger partial charge on any atom is -0.544 e. The summed E-state index contributed by atoms with van der Waals surface area (Å²) in [6.45, 7) is 8.49. The Bertz CT molecular complexity index is 359. The fourth-order valence-corrected chi connectivity index (χ4v) is 2.65. The fraction of sp³-hybridized carbons (Fsp3) is 0.571. The molecule has 1 rings (SSSR count). The molecule has 3 N–H and O–H groups in total. The van der Waals surface area contributed by atoms with Gasteiger partial charge in [0, 0.05) is 0 Å². The Labute approximate surface area is 111 Å². The van der Waals surface area contributed by atoms with Gasteiger partial charge < -0.3 is 15.3 Å². The van der Waals surface area contributed by atoms with E-state index in [2.05, 4.69) is 19.6 Å². The van der Waals surface area contributed by atoms with Crippen LogP contribution in [0.1, 0.15) is 31.4 Å². The van der Waals surface area contributed by atoms with Gasteiger partial charge in [-0.05, 0) is 43.8 Å². The van der Waals surface area contributed by atoms with E-state index in [-0.39, 0.29) is 6.04 Å². The van der Waals surface area contributed by atoms with Crippen LogP contribution in [-0.2, 0) is 0 Å². The topological polar surface area (TPSA) is 55.5 Å². The largest absolute Gasteiger partial charge is 0.544 e. The Balaban J connectivity index is 2.70. The van der Waals surface area contributed by atoms with E-state index in [1.165, 1.54) is 0 Å². The summed E-state index contributed by atoms with van der Waals surface area (Å²) in [6.07, 6.45) is 1.19. The highest BCUT2D eigenvalue weighted by molar-refractivity contribution is 6.70. The molecule has 102 valence electrons. The lowest BCUT2D eigenvalue weighted by atomic mass is 9.99. The number of benzene rings is 1. The third-order valence-corrected chi connectivity index (χ3v) is 3.54. The Kier molecular flexibility index (Phi) is 5.38. The molecule has 4 heteroatoms. The molecule has 0 aliphatic carbocycles. The van der Waals surface area contributed by atoms with E-state index in [1.54, 1.807) is 0 Å². The quantitative estimate of drug-likeness (QED) is 0.779. The van der Waals surface area contributed by atoms with Gasteiger partial charge >= 0.3 is 0 Å². The normalized spacial score (nSPS) is 15.2. The lowest BCUT2D eigenvalue weighted by Gasteiger charge is -2.21. The van der Waals surface area contributed by atoms with E-state index < -0.39 is 14.4 Å². The zero-order valence-corrected chi connectivity index (χ0v) is 12.8. The zero-order chi connectivity index (χ0) is 13.8. The van der Waals surface area contributed by atoms with Gasteiger partial charge in [0.05, 0.1) is 12.1 Å². The lowest BCUT2D eigenvalue weighted by molar-refractivity contribution is 0.134. The molecule has 0 amide bonds. The van der Waals surface area contributed by atoms with Crippen molar-refractivity contribution < 1.29 is 9.53 Å². The minimum absolute atomic E-state index is 0.314. The Morgan fingerprint density at radius 2 is 1.78 bits per heavy atom. The molecule has 18 heavy (non-hydrogen) atoms. The molecule has 3 nitrogen and oxygen atoms in total. The molecule has 1 aromatic rings. The van der Waals surface area contributed by atoms with Crippen LogP contribution >= 0.6 is 0 Å². The lowest BCUT2D eigenvalue weighted by Crippen LogP contribution is -2.29. The van der Waals surface area contributed by atoms with Crippen molar-refractivity contribution in [2.45, 2.75) is 51.6 Å². The van der Waals surface area contributed by atoms with Crippen LogP contribution in [0.25, 0.3) is 0 Å². The van der Waals surface area contributed by atoms with E-state index >= 15 is 0 Å². The van der Waals surface area contributed by atoms with Crippen molar-refractivity contribution in [1.29, 1.82) is 0 Å². The first-order valence-corrected chi connectivity index (χ1v) is 9.97. The SMILES string of the molecule is CCC[C@@H](O)[C@@H](N)c1ccc(O[Si](C)(C)C)cc1. The summed E-state index contributed by atoms with van der Waals surface area (Å²) in [5.74, 6) is 0.884. The predicted octanol–water partition coefficient (Wildman–Crippen LogP) is 3.06. The maximum Gasteiger partial charge on any atom is 0.242 e. The molecule has 0 radical (unpaired) electrons. The summed E-state index contributed by atoms with van der Waals surface area (Å²) in [4.78, 5) is 0. The van der Waals surface area contributed by atoms with Gasteiger partial charge in [0.15, 0.2) is 0 Å². The Hall–Kier alpha value is -0.843. The molecular weight excluding hydrogens is 242 g/mol. The van der Waals surface area contributed by atoms with Gasteiger partial charge in [0.25, 0.3) is 0 Å². The molecule has 0 bridgehead atoms. The molecule has 1 aromatic carbocycles. The van der Waals surface area contributed by atoms with Crippen molar-refractivity contribution in [1.82, 2.24) is 0 Å². The van der Waals surface area contributed by atoms with Crippen molar-refractivity contribution in [2.75, 3.05) is 0 Å². The van der Waals surface area contributed by atoms with Crippen LogP contribution in [-0.4, -0.2) is 19.5 Å². The second-order valence-electron chi connectivity index (χ2n) is 5.67. The van der Waals surface area contributed by atoms with Crippen molar-refractivity contribution >= 4 is 8.32 Å². The summed E-state index contributed by atoms with van der Waals surface area (Å²) < 4.78 is 5.88.